The Balaban J connectivity index is 2.43. The Labute approximate surface area is 78.1 Å². The predicted octanol–water partition coefficient (Wildman–Crippen LogP) is 2.38. The van der Waals surface area contributed by atoms with Crippen LogP contribution in [0.25, 0.3) is 0 Å². The van der Waals surface area contributed by atoms with E-state index in [9.17, 15) is 4.57 Å². The van der Waals surface area contributed by atoms with Gasteiger partial charge in [-0.25, -0.2) is 0 Å². The Hall–Kier alpha value is -0.880. The largest absolute Gasteiger partial charge is 0.313 e. The van der Waals surface area contributed by atoms with Crippen LogP contribution in [0.2, 0.25) is 0 Å². The lowest BCUT2D eigenvalue weighted by atomic mass is 10.3. The molecule has 1 aromatic heterocycles. The van der Waals surface area contributed by atoms with Crippen molar-refractivity contribution in [1.29, 1.82) is 0 Å². The third kappa shape index (κ3) is 1.59. The summed E-state index contributed by atoms with van der Waals surface area (Å²) in [5.74, 6) is 1.91. The molecule has 1 atom stereocenters. The molecule has 1 aromatic rings. The average molecular weight is 193 g/mol. The number of rotatable bonds is 1. The maximum absolute atomic E-state index is 12.3. The van der Waals surface area contributed by atoms with Gasteiger partial charge in [0.25, 0.3) is 0 Å². The summed E-state index contributed by atoms with van der Waals surface area (Å²) in [6.45, 7) is 2.03. The molecule has 1 aliphatic heterocycles. The molecule has 0 amide bonds. The molecule has 2 nitrogen and oxygen atoms in total. The summed E-state index contributed by atoms with van der Waals surface area (Å²) in [7, 11) is -2.25. The van der Waals surface area contributed by atoms with Gasteiger partial charge in [0.2, 0.25) is 0 Å². The van der Waals surface area contributed by atoms with E-state index in [2.05, 4.69) is 4.98 Å². The van der Waals surface area contributed by atoms with Gasteiger partial charge in [0.1, 0.15) is 5.44 Å². The van der Waals surface area contributed by atoms with Crippen LogP contribution in [0.4, 0.5) is 0 Å². The lowest BCUT2D eigenvalue weighted by Crippen LogP contribution is -2.07. The minimum absolute atomic E-state index is 0.756. The molecule has 1 aliphatic rings. The van der Waals surface area contributed by atoms with Crippen LogP contribution in [0.1, 0.15) is 13.3 Å². The highest BCUT2D eigenvalue weighted by molar-refractivity contribution is 7.74. The van der Waals surface area contributed by atoms with Gasteiger partial charge in [-0.15, -0.1) is 0 Å². The topological polar surface area (TPSA) is 30.0 Å². The first-order valence-electron chi connectivity index (χ1n) is 4.39. The van der Waals surface area contributed by atoms with Crippen molar-refractivity contribution in [3.63, 3.8) is 0 Å². The summed E-state index contributed by atoms with van der Waals surface area (Å²) in [5.41, 5.74) is 1.99. The first-order chi connectivity index (χ1) is 6.21. The van der Waals surface area contributed by atoms with E-state index in [1.165, 1.54) is 5.57 Å². The maximum Gasteiger partial charge on any atom is 0.154 e. The molecule has 2 rings (SSSR count). The van der Waals surface area contributed by atoms with E-state index in [1.54, 1.807) is 6.20 Å². The number of pyridine rings is 1. The van der Waals surface area contributed by atoms with Crippen LogP contribution in [0.15, 0.2) is 35.8 Å². The molecule has 1 unspecified atom stereocenters. The van der Waals surface area contributed by atoms with E-state index in [0.29, 0.717) is 0 Å². The normalized spacial score (nSPS) is 27.3. The van der Waals surface area contributed by atoms with Crippen molar-refractivity contribution >= 4 is 12.6 Å². The summed E-state index contributed by atoms with van der Waals surface area (Å²) in [4.78, 5) is 4.16. The van der Waals surface area contributed by atoms with Crippen LogP contribution in [0.5, 0.6) is 0 Å². The van der Waals surface area contributed by atoms with Gasteiger partial charge in [0.15, 0.2) is 7.14 Å². The minimum Gasteiger partial charge on any atom is -0.313 e. The quantitative estimate of drug-likeness (QED) is 0.641. The number of hydrogen-bond donors (Lipinski definition) is 0. The molecule has 0 radical (unpaired) electrons. The first kappa shape index (κ1) is 8.71. The van der Waals surface area contributed by atoms with Crippen molar-refractivity contribution in [3.05, 3.63) is 35.8 Å². The van der Waals surface area contributed by atoms with Gasteiger partial charge < -0.3 is 4.57 Å². The molecule has 13 heavy (non-hydrogen) atoms. The van der Waals surface area contributed by atoms with Crippen LogP contribution in [-0.4, -0.2) is 11.1 Å². The second-order valence-corrected chi connectivity index (χ2v) is 6.19. The zero-order valence-electron chi connectivity index (χ0n) is 7.60. The molecule has 0 fully saturated rings. The van der Waals surface area contributed by atoms with E-state index >= 15 is 0 Å². The average Bonchev–Trinajstić information content (AvgIpc) is 2.49. The van der Waals surface area contributed by atoms with Crippen LogP contribution in [0, 0.1) is 0 Å². The van der Waals surface area contributed by atoms with Crippen LogP contribution in [-0.2, 0) is 4.57 Å². The molecule has 68 valence electrons. The fraction of sp³-hybridized carbons (Fsp3) is 0.300. The van der Waals surface area contributed by atoms with Gasteiger partial charge in [-0.05, 0) is 31.3 Å². The molecule has 0 saturated carbocycles. The van der Waals surface area contributed by atoms with E-state index in [0.717, 1.165) is 18.0 Å². The highest BCUT2D eigenvalue weighted by atomic mass is 31.2. The minimum atomic E-state index is -2.25. The Morgan fingerprint density at radius 3 is 2.85 bits per heavy atom. The molecule has 0 aliphatic carbocycles. The molecule has 0 spiro atoms. The summed E-state index contributed by atoms with van der Waals surface area (Å²) in [6, 6.07) is 5.60. The highest BCUT2D eigenvalue weighted by Gasteiger charge is 2.27. The van der Waals surface area contributed by atoms with Crippen LogP contribution in [0.3, 0.4) is 0 Å². The fourth-order valence-corrected chi connectivity index (χ4v) is 4.20. The Morgan fingerprint density at radius 1 is 1.46 bits per heavy atom. The van der Waals surface area contributed by atoms with E-state index in [-0.39, 0.29) is 0 Å². The number of allylic oxidation sites excluding steroid dienone is 1. The Kier molecular flexibility index (Phi) is 2.09. The van der Waals surface area contributed by atoms with Crippen LogP contribution >= 0.6 is 7.14 Å². The summed E-state index contributed by atoms with van der Waals surface area (Å²) < 4.78 is 12.3. The zero-order chi connectivity index (χ0) is 9.31. The second-order valence-electron chi connectivity index (χ2n) is 3.43. The lowest BCUT2D eigenvalue weighted by molar-refractivity contribution is 0.587. The van der Waals surface area contributed by atoms with E-state index < -0.39 is 7.14 Å². The summed E-state index contributed by atoms with van der Waals surface area (Å²) >= 11 is 0. The number of aromatic nitrogens is 1. The zero-order valence-corrected chi connectivity index (χ0v) is 8.50. The maximum atomic E-state index is 12.3. The third-order valence-electron chi connectivity index (χ3n) is 2.30. The van der Waals surface area contributed by atoms with Crippen LogP contribution < -0.4 is 5.44 Å². The molecule has 0 bridgehead atoms. The molecular formula is C10H12NOP. The van der Waals surface area contributed by atoms with Gasteiger partial charge in [-0.3, -0.25) is 4.98 Å². The van der Waals surface area contributed by atoms with Gasteiger partial charge in [-0.1, -0.05) is 11.6 Å². The van der Waals surface area contributed by atoms with Gasteiger partial charge in [0.05, 0.1) is 0 Å². The lowest BCUT2D eigenvalue weighted by Gasteiger charge is -2.06. The smallest absolute Gasteiger partial charge is 0.154 e. The SMILES string of the molecule is CC1=CP(=O)(c2ccccn2)CC1. The number of hydrogen-bond acceptors (Lipinski definition) is 2. The van der Waals surface area contributed by atoms with Gasteiger partial charge in [0, 0.05) is 12.4 Å². The van der Waals surface area contributed by atoms with E-state index in [4.69, 9.17) is 0 Å². The van der Waals surface area contributed by atoms with Crippen molar-refractivity contribution in [2.45, 2.75) is 13.3 Å². The standard InChI is InChI=1S/C10H12NOP/c1-9-5-7-13(12,8-9)10-4-2-3-6-11-10/h2-4,6,8H,5,7H2,1H3. The molecule has 0 saturated heterocycles. The molecule has 0 aromatic carbocycles. The Morgan fingerprint density at radius 2 is 2.31 bits per heavy atom. The fourth-order valence-electron chi connectivity index (χ4n) is 1.59. The van der Waals surface area contributed by atoms with Crippen molar-refractivity contribution in [2.75, 3.05) is 6.16 Å². The second kappa shape index (κ2) is 3.12. The highest BCUT2D eigenvalue weighted by Crippen LogP contribution is 2.52. The van der Waals surface area contributed by atoms with Crippen molar-refractivity contribution < 1.29 is 4.57 Å². The van der Waals surface area contributed by atoms with Crippen molar-refractivity contribution in [1.82, 2.24) is 4.98 Å². The van der Waals surface area contributed by atoms with Gasteiger partial charge in [-0.2, -0.15) is 0 Å². The van der Waals surface area contributed by atoms with E-state index in [1.807, 2.05) is 30.9 Å². The first-order valence-corrected chi connectivity index (χ1v) is 6.35. The predicted molar refractivity (Wildman–Crippen MR) is 54.7 cm³/mol. The third-order valence-corrected chi connectivity index (χ3v) is 5.09. The Bertz CT molecular complexity index is 383. The molecule has 2 heterocycles. The molecule has 3 heteroatoms. The number of nitrogens with zero attached hydrogens (tertiary/aromatic N) is 1. The van der Waals surface area contributed by atoms with Crippen molar-refractivity contribution in [2.24, 2.45) is 0 Å². The summed E-state index contributed by atoms with van der Waals surface area (Å²) in [6.07, 6.45) is 3.42. The monoisotopic (exact) mass is 193 g/mol. The van der Waals surface area contributed by atoms with Crippen molar-refractivity contribution in [3.8, 4) is 0 Å². The molecule has 0 N–H and O–H groups in total. The van der Waals surface area contributed by atoms with Gasteiger partial charge >= 0.3 is 0 Å². The molecular weight excluding hydrogens is 181 g/mol. The summed E-state index contributed by atoms with van der Waals surface area (Å²) in [5, 5.41) is 0.